The molecule has 0 aromatic carbocycles. The molecule has 1 aliphatic rings. The first-order chi connectivity index (χ1) is 8.84. The fraction of sp³-hybridized carbons (Fsp3) is 0.688. The molecule has 1 aliphatic heterocycles. The van der Waals surface area contributed by atoms with Crippen molar-refractivity contribution in [2.24, 2.45) is 5.92 Å². The van der Waals surface area contributed by atoms with Gasteiger partial charge in [0.2, 0.25) is 0 Å². The highest BCUT2D eigenvalue weighted by Gasteiger charge is 2.48. The van der Waals surface area contributed by atoms with Gasteiger partial charge < -0.3 is 10.1 Å². The summed E-state index contributed by atoms with van der Waals surface area (Å²) in [6, 6.07) is 4.62. The molecular formula is C16H26N2O. The van der Waals surface area contributed by atoms with E-state index in [1.54, 1.807) is 0 Å². The molecule has 19 heavy (non-hydrogen) atoms. The van der Waals surface area contributed by atoms with Crippen LogP contribution in [-0.4, -0.2) is 29.3 Å². The average Bonchev–Trinajstić information content (AvgIpc) is 2.55. The van der Waals surface area contributed by atoms with Crippen molar-refractivity contribution in [3.05, 3.63) is 30.1 Å². The van der Waals surface area contributed by atoms with E-state index in [0.29, 0.717) is 12.0 Å². The first-order valence-corrected chi connectivity index (χ1v) is 7.10. The van der Waals surface area contributed by atoms with Crippen molar-refractivity contribution in [1.82, 2.24) is 10.3 Å². The molecule has 2 unspecified atom stereocenters. The largest absolute Gasteiger partial charge is 0.369 e. The van der Waals surface area contributed by atoms with Gasteiger partial charge in [0.25, 0.3) is 0 Å². The number of nitrogens with zero attached hydrogens (tertiary/aromatic N) is 1. The van der Waals surface area contributed by atoms with Crippen LogP contribution < -0.4 is 5.32 Å². The highest BCUT2D eigenvalue weighted by Crippen LogP contribution is 2.44. The van der Waals surface area contributed by atoms with Crippen LogP contribution in [0.2, 0.25) is 0 Å². The zero-order chi connectivity index (χ0) is 14.1. The molecule has 0 bridgehead atoms. The maximum atomic E-state index is 6.22. The van der Waals surface area contributed by atoms with Crippen molar-refractivity contribution in [1.29, 1.82) is 0 Å². The summed E-state index contributed by atoms with van der Waals surface area (Å²) in [5.74, 6) is 0.515. The number of rotatable bonds is 4. The van der Waals surface area contributed by atoms with E-state index in [-0.39, 0.29) is 11.2 Å². The Balaban J connectivity index is 2.14. The van der Waals surface area contributed by atoms with Crippen LogP contribution >= 0.6 is 0 Å². The maximum Gasteiger partial charge on any atom is 0.0677 e. The summed E-state index contributed by atoms with van der Waals surface area (Å²) in [6.45, 7) is 8.80. The van der Waals surface area contributed by atoms with E-state index in [2.05, 4.69) is 50.1 Å². The number of nitrogens with one attached hydrogen (secondary N) is 1. The van der Waals surface area contributed by atoms with Crippen molar-refractivity contribution in [3.8, 4) is 0 Å². The van der Waals surface area contributed by atoms with Crippen molar-refractivity contribution in [2.45, 2.75) is 57.8 Å². The molecule has 0 spiro atoms. The Morgan fingerprint density at radius 3 is 2.42 bits per heavy atom. The second-order valence-corrected chi connectivity index (χ2v) is 6.73. The van der Waals surface area contributed by atoms with Crippen LogP contribution in [-0.2, 0) is 11.2 Å². The average molecular weight is 262 g/mol. The molecule has 1 N–H and O–H groups in total. The van der Waals surface area contributed by atoms with Gasteiger partial charge in [-0.2, -0.15) is 0 Å². The molecule has 106 valence electrons. The molecule has 1 saturated heterocycles. The Hall–Kier alpha value is -0.930. The minimum atomic E-state index is -0.0792. The fourth-order valence-corrected chi connectivity index (χ4v) is 3.45. The summed E-state index contributed by atoms with van der Waals surface area (Å²) in [7, 11) is 2.05. The predicted octanol–water partition coefficient (Wildman–Crippen LogP) is 2.81. The summed E-state index contributed by atoms with van der Waals surface area (Å²) >= 11 is 0. The van der Waals surface area contributed by atoms with Gasteiger partial charge >= 0.3 is 0 Å². The van der Waals surface area contributed by atoms with Gasteiger partial charge in [-0.1, -0.05) is 0 Å². The fourth-order valence-electron chi connectivity index (χ4n) is 3.45. The molecule has 2 atom stereocenters. The van der Waals surface area contributed by atoms with Gasteiger partial charge in [0.15, 0.2) is 0 Å². The Kier molecular flexibility index (Phi) is 3.98. The lowest BCUT2D eigenvalue weighted by Crippen LogP contribution is -2.44. The molecule has 0 amide bonds. The molecule has 3 heteroatoms. The van der Waals surface area contributed by atoms with Gasteiger partial charge in [0.05, 0.1) is 11.2 Å². The molecule has 0 radical (unpaired) electrons. The summed E-state index contributed by atoms with van der Waals surface area (Å²) in [5, 5.41) is 3.49. The van der Waals surface area contributed by atoms with Crippen molar-refractivity contribution in [2.75, 3.05) is 7.05 Å². The van der Waals surface area contributed by atoms with E-state index < -0.39 is 0 Å². The van der Waals surface area contributed by atoms with Gasteiger partial charge in [-0.15, -0.1) is 0 Å². The van der Waals surface area contributed by atoms with Gasteiger partial charge in [-0.25, -0.2) is 0 Å². The summed E-state index contributed by atoms with van der Waals surface area (Å²) < 4.78 is 6.22. The zero-order valence-corrected chi connectivity index (χ0v) is 12.7. The normalized spacial score (nSPS) is 26.3. The lowest BCUT2D eigenvalue weighted by atomic mass is 9.79. The molecular weight excluding hydrogens is 236 g/mol. The lowest BCUT2D eigenvalue weighted by Gasteiger charge is -2.33. The Morgan fingerprint density at radius 1 is 1.32 bits per heavy atom. The Morgan fingerprint density at radius 2 is 1.95 bits per heavy atom. The number of ether oxygens (including phenoxy) is 1. The van der Waals surface area contributed by atoms with E-state index in [4.69, 9.17) is 4.74 Å². The van der Waals surface area contributed by atoms with Crippen LogP contribution in [0, 0.1) is 5.92 Å². The number of hydrogen-bond donors (Lipinski definition) is 1. The topological polar surface area (TPSA) is 34.2 Å². The van der Waals surface area contributed by atoms with Crippen molar-refractivity contribution >= 4 is 0 Å². The Labute approximate surface area is 116 Å². The van der Waals surface area contributed by atoms with E-state index in [9.17, 15) is 0 Å². The molecule has 1 fully saturated rings. The zero-order valence-electron chi connectivity index (χ0n) is 12.7. The molecule has 1 aromatic rings. The van der Waals surface area contributed by atoms with E-state index in [1.807, 2.05) is 19.4 Å². The highest BCUT2D eigenvalue weighted by molar-refractivity contribution is 5.13. The number of pyridine rings is 1. The summed E-state index contributed by atoms with van der Waals surface area (Å²) in [6.07, 6.45) is 5.84. The van der Waals surface area contributed by atoms with Crippen LogP contribution in [0.5, 0.6) is 0 Å². The second kappa shape index (κ2) is 5.22. The second-order valence-electron chi connectivity index (χ2n) is 6.73. The van der Waals surface area contributed by atoms with Gasteiger partial charge in [0, 0.05) is 24.4 Å². The van der Waals surface area contributed by atoms with Gasteiger partial charge in [0.1, 0.15) is 0 Å². The van der Waals surface area contributed by atoms with E-state index in [1.165, 1.54) is 5.56 Å². The molecule has 1 aromatic heterocycles. The first kappa shape index (κ1) is 14.5. The predicted molar refractivity (Wildman–Crippen MR) is 78.1 cm³/mol. The monoisotopic (exact) mass is 262 g/mol. The van der Waals surface area contributed by atoms with E-state index >= 15 is 0 Å². The van der Waals surface area contributed by atoms with Gasteiger partial charge in [-0.3, -0.25) is 4.98 Å². The molecule has 2 heterocycles. The highest BCUT2D eigenvalue weighted by atomic mass is 16.5. The lowest BCUT2D eigenvalue weighted by molar-refractivity contribution is -0.0774. The first-order valence-electron chi connectivity index (χ1n) is 7.10. The SMILES string of the molecule is CNC(Cc1ccncc1)C1CC(C)(C)OC1(C)C. The van der Waals surface area contributed by atoms with Crippen LogP contribution in [0.1, 0.15) is 39.7 Å². The minimum Gasteiger partial charge on any atom is -0.369 e. The minimum absolute atomic E-state index is 0.0263. The molecule has 0 aliphatic carbocycles. The number of aromatic nitrogens is 1. The van der Waals surface area contributed by atoms with Crippen molar-refractivity contribution in [3.63, 3.8) is 0 Å². The smallest absolute Gasteiger partial charge is 0.0677 e. The molecule has 3 nitrogen and oxygen atoms in total. The molecule has 2 rings (SSSR count). The third kappa shape index (κ3) is 3.34. The number of hydrogen-bond acceptors (Lipinski definition) is 3. The third-order valence-corrected chi connectivity index (χ3v) is 4.21. The standard InChI is InChI=1S/C16H26N2O/c1-15(2)11-13(16(3,4)19-15)14(17-5)10-12-6-8-18-9-7-12/h6-9,13-14,17H,10-11H2,1-5H3. The van der Waals surface area contributed by atoms with Crippen LogP contribution in [0.3, 0.4) is 0 Å². The van der Waals surface area contributed by atoms with Crippen LogP contribution in [0.15, 0.2) is 24.5 Å². The van der Waals surface area contributed by atoms with Crippen LogP contribution in [0.25, 0.3) is 0 Å². The van der Waals surface area contributed by atoms with E-state index in [0.717, 1.165) is 12.8 Å². The van der Waals surface area contributed by atoms with Gasteiger partial charge in [-0.05, 0) is 65.3 Å². The number of likely N-dealkylation sites (N-methyl/N-ethyl adjacent to an activating group) is 1. The summed E-state index contributed by atoms with van der Waals surface area (Å²) in [4.78, 5) is 4.08. The third-order valence-electron chi connectivity index (χ3n) is 4.21. The van der Waals surface area contributed by atoms with Crippen molar-refractivity contribution < 1.29 is 4.74 Å². The Bertz CT molecular complexity index is 414. The quantitative estimate of drug-likeness (QED) is 0.906. The van der Waals surface area contributed by atoms with Crippen LogP contribution in [0.4, 0.5) is 0 Å². The molecule has 0 saturated carbocycles. The summed E-state index contributed by atoms with van der Waals surface area (Å²) in [5.41, 5.74) is 1.22. The maximum absolute atomic E-state index is 6.22.